The molecule has 1 aromatic carbocycles. The van der Waals surface area contributed by atoms with Crippen LogP contribution in [0.5, 0.6) is 0 Å². The fraction of sp³-hybridized carbons (Fsp3) is 0.417. The fourth-order valence-electron chi connectivity index (χ4n) is 1.42. The SMILES string of the molecule is CC(=O)OC(CCCCl)c1ccccc1. The summed E-state index contributed by atoms with van der Waals surface area (Å²) in [5.74, 6) is 0.336. The Labute approximate surface area is 95.2 Å². The van der Waals surface area contributed by atoms with Crippen molar-refractivity contribution in [3.8, 4) is 0 Å². The van der Waals surface area contributed by atoms with Crippen molar-refractivity contribution in [3.63, 3.8) is 0 Å². The normalized spacial score (nSPS) is 12.1. The largest absolute Gasteiger partial charge is 0.458 e. The maximum atomic E-state index is 10.9. The van der Waals surface area contributed by atoms with Crippen molar-refractivity contribution in [2.45, 2.75) is 25.9 Å². The quantitative estimate of drug-likeness (QED) is 0.569. The number of ether oxygens (including phenoxy) is 1. The highest BCUT2D eigenvalue weighted by molar-refractivity contribution is 6.17. The van der Waals surface area contributed by atoms with Gasteiger partial charge in [-0.2, -0.15) is 0 Å². The molecular formula is C12H15ClO2. The van der Waals surface area contributed by atoms with Crippen LogP contribution in [0.2, 0.25) is 0 Å². The molecule has 0 aliphatic rings. The van der Waals surface area contributed by atoms with Crippen LogP contribution in [0.3, 0.4) is 0 Å². The molecule has 0 radical (unpaired) electrons. The van der Waals surface area contributed by atoms with Gasteiger partial charge in [-0.05, 0) is 18.4 Å². The van der Waals surface area contributed by atoms with Crippen LogP contribution in [-0.2, 0) is 9.53 Å². The summed E-state index contributed by atoms with van der Waals surface area (Å²) in [5, 5.41) is 0. The number of carbonyl (C=O) groups is 1. The first-order chi connectivity index (χ1) is 7.24. The first-order valence-corrected chi connectivity index (χ1v) is 5.55. The molecule has 1 atom stereocenters. The van der Waals surface area contributed by atoms with Gasteiger partial charge in [0, 0.05) is 12.8 Å². The van der Waals surface area contributed by atoms with E-state index >= 15 is 0 Å². The maximum absolute atomic E-state index is 10.9. The number of alkyl halides is 1. The van der Waals surface area contributed by atoms with Gasteiger partial charge in [0.25, 0.3) is 0 Å². The molecule has 0 saturated heterocycles. The molecule has 2 nitrogen and oxygen atoms in total. The van der Waals surface area contributed by atoms with Gasteiger partial charge in [-0.15, -0.1) is 11.6 Å². The standard InChI is InChI=1S/C12H15ClO2/c1-10(14)15-12(8-5-9-13)11-6-3-2-4-7-11/h2-4,6-7,12H,5,8-9H2,1H3. The summed E-state index contributed by atoms with van der Waals surface area (Å²) >= 11 is 5.63. The molecule has 1 aromatic rings. The Morgan fingerprint density at radius 1 is 1.40 bits per heavy atom. The summed E-state index contributed by atoms with van der Waals surface area (Å²) in [4.78, 5) is 10.9. The number of hydrogen-bond donors (Lipinski definition) is 0. The summed E-state index contributed by atoms with van der Waals surface area (Å²) in [5.41, 5.74) is 1.03. The van der Waals surface area contributed by atoms with Gasteiger partial charge >= 0.3 is 5.97 Å². The van der Waals surface area contributed by atoms with Crippen molar-refractivity contribution in [1.29, 1.82) is 0 Å². The summed E-state index contributed by atoms with van der Waals surface area (Å²) in [6.45, 7) is 1.43. The number of hydrogen-bond acceptors (Lipinski definition) is 2. The topological polar surface area (TPSA) is 26.3 Å². The summed E-state index contributed by atoms with van der Waals surface area (Å²) in [6.07, 6.45) is 1.45. The van der Waals surface area contributed by atoms with E-state index in [2.05, 4.69) is 0 Å². The van der Waals surface area contributed by atoms with Crippen LogP contribution in [0.1, 0.15) is 31.4 Å². The van der Waals surface area contributed by atoms with Crippen molar-refractivity contribution in [3.05, 3.63) is 35.9 Å². The predicted molar refractivity (Wildman–Crippen MR) is 60.9 cm³/mol. The predicted octanol–water partition coefficient (Wildman–Crippen LogP) is 3.31. The van der Waals surface area contributed by atoms with Gasteiger partial charge in [-0.1, -0.05) is 30.3 Å². The zero-order valence-electron chi connectivity index (χ0n) is 8.78. The molecule has 82 valence electrons. The van der Waals surface area contributed by atoms with E-state index in [4.69, 9.17) is 16.3 Å². The Balaban J connectivity index is 2.67. The maximum Gasteiger partial charge on any atom is 0.303 e. The van der Waals surface area contributed by atoms with E-state index in [-0.39, 0.29) is 12.1 Å². The third-order valence-electron chi connectivity index (χ3n) is 2.08. The minimum Gasteiger partial charge on any atom is -0.458 e. The van der Waals surface area contributed by atoms with Gasteiger partial charge in [-0.3, -0.25) is 4.79 Å². The minimum absolute atomic E-state index is 0.164. The molecule has 0 aliphatic carbocycles. The summed E-state index contributed by atoms with van der Waals surface area (Å²) in [7, 11) is 0. The second-order valence-electron chi connectivity index (χ2n) is 3.34. The Morgan fingerprint density at radius 2 is 2.07 bits per heavy atom. The Kier molecular flexibility index (Phi) is 5.19. The van der Waals surface area contributed by atoms with Crippen LogP contribution in [-0.4, -0.2) is 11.8 Å². The average molecular weight is 227 g/mol. The monoisotopic (exact) mass is 226 g/mol. The van der Waals surface area contributed by atoms with Crippen LogP contribution in [0.15, 0.2) is 30.3 Å². The Morgan fingerprint density at radius 3 is 2.60 bits per heavy atom. The van der Waals surface area contributed by atoms with E-state index in [1.54, 1.807) is 0 Å². The zero-order chi connectivity index (χ0) is 11.1. The van der Waals surface area contributed by atoms with Gasteiger partial charge < -0.3 is 4.74 Å². The highest BCUT2D eigenvalue weighted by atomic mass is 35.5. The van der Waals surface area contributed by atoms with Crippen LogP contribution in [0.25, 0.3) is 0 Å². The van der Waals surface area contributed by atoms with Crippen molar-refractivity contribution in [2.24, 2.45) is 0 Å². The molecule has 1 unspecified atom stereocenters. The van der Waals surface area contributed by atoms with Crippen molar-refractivity contribution >= 4 is 17.6 Å². The zero-order valence-corrected chi connectivity index (χ0v) is 9.54. The molecule has 0 aromatic heterocycles. The molecule has 0 heterocycles. The number of benzene rings is 1. The third kappa shape index (κ3) is 4.34. The lowest BCUT2D eigenvalue weighted by Crippen LogP contribution is -2.08. The molecule has 0 fully saturated rings. The highest BCUT2D eigenvalue weighted by Gasteiger charge is 2.13. The Hall–Kier alpha value is -1.02. The first-order valence-electron chi connectivity index (χ1n) is 5.02. The minimum atomic E-state index is -0.251. The fourth-order valence-corrected chi connectivity index (χ4v) is 1.58. The molecule has 1 rings (SSSR count). The lowest BCUT2D eigenvalue weighted by Gasteiger charge is -2.16. The number of esters is 1. The highest BCUT2D eigenvalue weighted by Crippen LogP contribution is 2.22. The van der Waals surface area contributed by atoms with E-state index in [1.165, 1.54) is 6.92 Å². The van der Waals surface area contributed by atoms with E-state index in [1.807, 2.05) is 30.3 Å². The molecule has 0 saturated carbocycles. The number of rotatable bonds is 5. The van der Waals surface area contributed by atoms with E-state index in [0.717, 1.165) is 18.4 Å². The molecule has 0 amide bonds. The molecule has 15 heavy (non-hydrogen) atoms. The lowest BCUT2D eigenvalue weighted by molar-refractivity contribution is -0.147. The van der Waals surface area contributed by atoms with Gasteiger partial charge in [-0.25, -0.2) is 0 Å². The summed E-state index contributed by atoms with van der Waals surface area (Å²) in [6, 6.07) is 9.73. The number of halogens is 1. The molecule has 3 heteroatoms. The van der Waals surface area contributed by atoms with Crippen molar-refractivity contribution in [1.82, 2.24) is 0 Å². The van der Waals surface area contributed by atoms with Gasteiger partial charge in [0.05, 0.1) is 0 Å². The lowest BCUT2D eigenvalue weighted by atomic mass is 10.1. The van der Waals surface area contributed by atoms with E-state index in [0.29, 0.717) is 5.88 Å². The molecular weight excluding hydrogens is 212 g/mol. The van der Waals surface area contributed by atoms with E-state index in [9.17, 15) is 4.79 Å². The van der Waals surface area contributed by atoms with Crippen LogP contribution >= 0.6 is 11.6 Å². The molecule has 0 spiro atoms. The molecule has 0 N–H and O–H groups in total. The van der Waals surface area contributed by atoms with Crippen LogP contribution in [0, 0.1) is 0 Å². The number of carbonyl (C=O) groups excluding carboxylic acids is 1. The third-order valence-corrected chi connectivity index (χ3v) is 2.35. The van der Waals surface area contributed by atoms with Crippen LogP contribution in [0.4, 0.5) is 0 Å². The average Bonchev–Trinajstić information content (AvgIpc) is 2.25. The van der Waals surface area contributed by atoms with Crippen molar-refractivity contribution in [2.75, 3.05) is 5.88 Å². The molecule has 0 aliphatic heterocycles. The van der Waals surface area contributed by atoms with Gasteiger partial charge in [0.2, 0.25) is 0 Å². The summed E-state index contributed by atoms with van der Waals surface area (Å²) < 4.78 is 5.24. The second kappa shape index (κ2) is 6.46. The smallest absolute Gasteiger partial charge is 0.303 e. The molecule has 0 bridgehead atoms. The van der Waals surface area contributed by atoms with Gasteiger partial charge in [0.1, 0.15) is 6.10 Å². The van der Waals surface area contributed by atoms with Gasteiger partial charge in [0.15, 0.2) is 0 Å². The van der Waals surface area contributed by atoms with Crippen LogP contribution < -0.4 is 0 Å². The first kappa shape index (κ1) is 12.1. The van der Waals surface area contributed by atoms with E-state index < -0.39 is 0 Å². The Bertz CT molecular complexity index is 298. The van der Waals surface area contributed by atoms with Crippen molar-refractivity contribution < 1.29 is 9.53 Å². The second-order valence-corrected chi connectivity index (χ2v) is 3.72.